The lowest BCUT2D eigenvalue weighted by molar-refractivity contribution is -0.0810. The van der Waals surface area contributed by atoms with Gasteiger partial charge in [0.1, 0.15) is 6.61 Å². The highest BCUT2D eigenvalue weighted by molar-refractivity contribution is 5.20. The predicted molar refractivity (Wildman–Crippen MR) is 49.0 cm³/mol. The van der Waals surface area contributed by atoms with Gasteiger partial charge >= 0.3 is 0 Å². The van der Waals surface area contributed by atoms with Crippen LogP contribution < -0.4 is 5.32 Å². The topological polar surface area (TPSA) is 39.7 Å². The van der Waals surface area contributed by atoms with Crippen molar-refractivity contribution in [2.75, 3.05) is 27.9 Å². The maximum atomic E-state index is 5.35. The van der Waals surface area contributed by atoms with Gasteiger partial charge in [0.2, 0.25) is 0 Å². The van der Waals surface area contributed by atoms with E-state index in [1.807, 2.05) is 19.2 Å². The van der Waals surface area contributed by atoms with Gasteiger partial charge in [-0.05, 0) is 12.2 Å². The number of nitrogens with one attached hydrogen (secondary N) is 1. The first-order valence-corrected chi connectivity index (χ1v) is 4.08. The van der Waals surface area contributed by atoms with Crippen LogP contribution in [0.15, 0.2) is 23.6 Å². The van der Waals surface area contributed by atoms with E-state index in [1.165, 1.54) is 0 Å². The Hall–Kier alpha value is -1.00. The van der Waals surface area contributed by atoms with Crippen molar-refractivity contribution in [3.8, 4) is 0 Å². The van der Waals surface area contributed by atoms with Gasteiger partial charge in [-0.3, -0.25) is 0 Å². The molecule has 0 aromatic rings. The number of methoxy groups -OCH3 is 2. The zero-order chi connectivity index (χ0) is 9.68. The van der Waals surface area contributed by atoms with E-state index in [9.17, 15) is 0 Å². The number of allylic oxidation sites excluding steroid dienone is 2. The Morgan fingerprint density at radius 2 is 2.08 bits per heavy atom. The fourth-order valence-electron chi connectivity index (χ4n) is 1.14. The van der Waals surface area contributed by atoms with Crippen LogP contribution in [0.25, 0.3) is 0 Å². The molecule has 13 heavy (non-hydrogen) atoms. The van der Waals surface area contributed by atoms with Gasteiger partial charge in [-0.25, -0.2) is 0 Å². The standard InChI is InChI=1S/C9H15NO3/c1-10-8-5-4-7(6-13-8)9(11-2)12-3/h4-5,9-10H,6H2,1-3H3. The van der Waals surface area contributed by atoms with Gasteiger partial charge < -0.3 is 19.5 Å². The van der Waals surface area contributed by atoms with Crippen molar-refractivity contribution in [3.05, 3.63) is 23.6 Å². The molecule has 0 saturated heterocycles. The second-order valence-electron chi connectivity index (χ2n) is 2.61. The molecule has 74 valence electrons. The Bertz CT molecular complexity index is 219. The SMILES string of the molecule is CNC1=CC=C(C(OC)OC)CO1. The van der Waals surface area contributed by atoms with Gasteiger partial charge in [-0.1, -0.05) is 0 Å². The van der Waals surface area contributed by atoms with Gasteiger partial charge in [0.15, 0.2) is 12.2 Å². The van der Waals surface area contributed by atoms with E-state index >= 15 is 0 Å². The molecule has 0 aromatic heterocycles. The Kier molecular flexibility index (Phi) is 3.79. The summed E-state index contributed by atoms with van der Waals surface area (Å²) in [6.45, 7) is 0.499. The molecule has 1 aliphatic heterocycles. The molecule has 0 radical (unpaired) electrons. The van der Waals surface area contributed by atoms with Crippen molar-refractivity contribution in [2.45, 2.75) is 6.29 Å². The molecule has 4 heteroatoms. The van der Waals surface area contributed by atoms with Gasteiger partial charge in [-0.15, -0.1) is 0 Å². The van der Waals surface area contributed by atoms with Crippen LogP contribution in [0.2, 0.25) is 0 Å². The summed E-state index contributed by atoms with van der Waals surface area (Å²) in [7, 11) is 5.02. The van der Waals surface area contributed by atoms with Crippen LogP contribution >= 0.6 is 0 Å². The van der Waals surface area contributed by atoms with Gasteiger partial charge in [-0.2, -0.15) is 0 Å². The first kappa shape index (κ1) is 10.1. The van der Waals surface area contributed by atoms with Gasteiger partial charge in [0.05, 0.1) is 0 Å². The summed E-state index contributed by atoms with van der Waals surface area (Å²) in [6, 6.07) is 0. The number of rotatable bonds is 4. The van der Waals surface area contributed by atoms with E-state index in [4.69, 9.17) is 14.2 Å². The molecule has 0 amide bonds. The average Bonchev–Trinajstić information content (AvgIpc) is 2.21. The van der Waals surface area contributed by atoms with Crippen molar-refractivity contribution < 1.29 is 14.2 Å². The Morgan fingerprint density at radius 1 is 1.38 bits per heavy atom. The highest BCUT2D eigenvalue weighted by Crippen LogP contribution is 2.13. The van der Waals surface area contributed by atoms with Crippen LogP contribution in [-0.2, 0) is 14.2 Å². The van der Waals surface area contributed by atoms with Crippen molar-refractivity contribution in [1.82, 2.24) is 5.32 Å². The van der Waals surface area contributed by atoms with Crippen molar-refractivity contribution in [3.63, 3.8) is 0 Å². The Labute approximate surface area is 78.2 Å². The summed E-state index contributed by atoms with van der Waals surface area (Å²) >= 11 is 0. The third-order valence-corrected chi connectivity index (χ3v) is 1.82. The lowest BCUT2D eigenvalue weighted by Crippen LogP contribution is -2.23. The zero-order valence-electron chi connectivity index (χ0n) is 8.16. The molecule has 1 N–H and O–H groups in total. The zero-order valence-corrected chi connectivity index (χ0v) is 8.16. The quantitative estimate of drug-likeness (QED) is 0.652. The third kappa shape index (κ3) is 2.47. The monoisotopic (exact) mass is 185 g/mol. The van der Waals surface area contributed by atoms with Crippen molar-refractivity contribution >= 4 is 0 Å². The van der Waals surface area contributed by atoms with Crippen LogP contribution in [0.3, 0.4) is 0 Å². The molecule has 0 atom stereocenters. The lowest BCUT2D eigenvalue weighted by Gasteiger charge is -2.21. The molecular formula is C9H15NO3. The first-order valence-electron chi connectivity index (χ1n) is 4.08. The highest BCUT2D eigenvalue weighted by atomic mass is 16.7. The molecule has 0 bridgehead atoms. The van der Waals surface area contributed by atoms with E-state index < -0.39 is 0 Å². The minimum atomic E-state index is -0.311. The second kappa shape index (κ2) is 4.89. The summed E-state index contributed by atoms with van der Waals surface area (Å²) in [5.74, 6) is 0.759. The smallest absolute Gasteiger partial charge is 0.186 e. The van der Waals surface area contributed by atoms with E-state index in [-0.39, 0.29) is 6.29 Å². The summed E-state index contributed by atoms with van der Waals surface area (Å²) < 4.78 is 15.5. The molecule has 0 fully saturated rings. The molecule has 1 heterocycles. The van der Waals surface area contributed by atoms with Crippen LogP contribution in [0.5, 0.6) is 0 Å². The van der Waals surface area contributed by atoms with E-state index in [1.54, 1.807) is 14.2 Å². The predicted octanol–water partition coefficient (Wildman–Crippen LogP) is 0.623. The van der Waals surface area contributed by atoms with Gasteiger partial charge in [0.25, 0.3) is 0 Å². The summed E-state index contributed by atoms with van der Waals surface area (Å²) in [6.07, 6.45) is 3.48. The van der Waals surface area contributed by atoms with Crippen LogP contribution in [0, 0.1) is 0 Å². The summed E-state index contributed by atoms with van der Waals surface area (Å²) in [5, 5.41) is 2.91. The molecular weight excluding hydrogens is 170 g/mol. The molecule has 4 nitrogen and oxygen atoms in total. The molecule has 1 rings (SSSR count). The van der Waals surface area contributed by atoms with Gasteiger partial charge in [0, 0.05) is 26.8 Å². The normalized spacial score (nSPS) is 16.3. The Morgan fingerprint density at radius 3 is 2.46 bits per heavy atom. The molecule has 1 aliphatic rings. The average molecular weight is 185 g/mol. The minimum absolute atomic E-state index is 0.311. The summed E-state index contributed by atoms with van der Waals surface area (Å²) in [4.78, 5) is 0. The third-order valence-electron chi connectivity index (χ3n) is 1.82. The maximum absolute atomic E-state index is 5.35. The summed E-state index contributed by atoms with van der Waals surface area (Å²) in [5.41, 5.74) is 0.976. The minimum Gasteiger partial charge on any atom is -0.475 e. The molecule has 0 unspecified atom stereocenters. The molecule has 0 saturated carbocycles. The second-order valence-corrected chi connectivity index (χ2v) is 2.61. The van der Waals surface area contributed by atoms with Crippen molar-refractivity contribution in [2.24, 2.45) is 0 Å². The van der Waals surface area contributed by atoms with E-state index in [0.29, 0.717) is 6.61 Å². The maximum Gasteiger partial charge on any atom is 0.186 e. The van der Waals surface area contributed by atoms with Crippen molar-refractivity contribution in [1.29, 1.82) is 0 Å². The van der Waals surface area contributed by atoms with Crippen LogP contribution in [0.4, 0.5) is 0 Å². The molecule has 0 aromatic carbocycles. The Balaban J connectivity index is 2.62. The highest BCUT2D eigenvalue weighted by Gasteiger charge is 2.15. The van der Waals surface area contributed by atoms with E-state index in [0.717, 1.165) is 11.5 Å². The largest absolute Gasteiger partial charge is 0.475 e. The number of hydrogen-bond acceptors (Lipinski definition) is 4. The van der Waals surface area contributed by atoms with Crippen LogP contribution in [-0.4, -0.2) is 34.2 Å². The van der Waals surface area contributed by atoms with Crippen LogP contribution in [0.1, 0.15) is 0 Å². The molecule has 0 spiro atoms. The molecule has 0 aliphatic carbocycles. The first-order chi connectivity index (χ1) is 6.31. The van der Waals surface area contributed by atoms with E-state index in [2.05, 4.69) is 5.32 Å². The fraction of sp³-hybridized carbons (Fsp3) is 0.556. The number of hydrogen-bond donors (Lipinski definition) is 1. The fourth-order valence-corrected chi connectivity index (χ4v) is 1.14. The number of ether oxygens (including phenoxy) is 3. The lowest BCUT2D eigenvalue weighted by atomic mass is 10.2.